The number of β-amino-alcohol motifs (C(OH)–C–C–N with tert-alkyl or cyclic N) is 1. The van der Waals surface area contributed by atoms with Crippen LogP contribution in [0.25, 0.3) is 0 Å². The molecule has 38 heavy (non-hydrogen) atoms. The molecule has 1 aliphatic heterocycles. The van der Waals surface area contributed by atoms with E-state index in [0.29, 0.717) is 18.7 Å². The first-order valence-corrected chi connectivity index (χ1v) is 13.4. The van der Waals surface area contributed by atoms with Crippen LogP contribution >= 0.6 is 11.5 Å². The number of halogens is 1. The Morgan fingerprint density at radius 3 is 2.76 bits per heavy atom. The van der Waals surface area contributed by atoms with Crippen LogP contribution in [0.3, 0.4) is 0 Å². The Hall–Kier alpha value is -3.29. The lowest BCUT2D eigenvalue weighted by Gasteiger charge is -2.14. The lowest BCUT2D eigenvalue weighted by molar-refractivity contribution is 0.0596. The molecule has 206 valence electrons. The van der Waals surface area contributed by atoms with Crippen LogP contribution in [0.15, 0.2) is 18.2 Å². The summed E-state index contributed by atoms with van der Waals surface area (Å²) in [6.45, 7) is 2.57. The maximum absolute atomic E-state index is 14.4. The van der Waals surface area contributed by atoms with E-state index in [1.807, 2.05) is 0 Å². The van der Waals surface area contributed by atoms with Gasteiger partial charge in [0.2, 0.25) is 5.88 Å². The molecule has 2 aromatic rings. The van der Waals surface area contributed by atoms with E-state index >= 15 is 0 Å². The molecule has 4 rings (SSSR count). The predicted molar refractivity (Wildman–Crippen MR) is 138 cm³/mol. The minimum absolute atomic E-state index is 0.0803. The van der Waals surface area contributed by atoms with Crippen molar-refractivity contribution in [3.63, 3.8) is 0 Å². The number of ether oxygens (including phenoxy) is 2. The Morgan fingerprint density at radius 1 is 1.24 bits per heavy atom. The van der Waals surface area contributed by atoms with E-state index in [0.717, 1.165) is 56.7 Å². The highest BCUT2D eigenvalue weighted by molar-refractivity contribution is 7.11. The van der Waals surface area contributed by atoms with Gasteiger partial charge in [0, 0.05) is 36.8 Å². The number of amides is 3. The summed E-state index contributed by atoms with van der Waals surface area (Å²) in [4.78, 5) is 39.3. The number of hydrogen-bond acceptors (Lipinski definition) is 9. The molecule has 4 N–H and O–H groups in total. The van der Waals surface area contributed by atoms with Gasteiger partial charge in [0.25, 0.3) is 5.91 Å². The van der Waals surface area contributed by atoms with Crippen molar-refractivity contribution in [2.75, 3.05) is 38.6 Å². The highest BCUT2D eigenvalue weighted by Gasteiger charge is 2.26. The number of nitrogens with one attached hydrogen (secondary N) is 3. The maximum atomic E-state index is 14.4. The van der Waals surface area contributed by atoms with Crippen molar-refractivity contribution < 1.29 is 33.4 Å². The molecular weight excluding hydrogens is 517 g/mol. The topological polar surface area (TPSA) is 142 Å². The number of aliphatic hydroxyl groups excluding tert-OH is 1. The van der Waals surface area contributed by atoms with Crippen LogP contribution in [0.5, 0.6) is 5.88 Å². The minimum Gasteiger partial charge on any atom is -0.471 e. The van der Waals surface area contributed by atoms with Crippen molar-refractivity contribution in [2.45, 2.75) is 50.9 Å². The smallest absolute Gasteiger partial charge is 0.346 e. The number of carbonyl (C=O) groups excluding carboxylic acids is 3. The third kappa shape index (κ3) is 7.62. The molecule has 11 nitrogen and oxygen atoms in total. The quantitative estimate of drug-likeness (QED) is 0.234. The summed E-state index contributed by atoms with van der Waals surface area (Å²) in [5.41, 5.74) is 0.344. The van der Waals surface area contributed by atoms with Crippen molar-refractivity contribution in [2.24, 2.45) is 0 Å². The van der Waals surface area contributed by atoms with Gasteiger partial charge in [0.15, 0.2) is 5.56 Å². The first-order valence-electron chi connectivity index (χ1n) is 12.6. The van der Waals surface area contributed by atoms with Crippen molar-refractivity contribution in [3.05, 3.63) is 40.7 Å². The number of carbonyl (C=O) groups is 3. The van der Waals surface area contributed by atoms with Gasteiger partial charge in [-0.2, -0.15) is 4.37 Å². The van der Waals surface area contributed by atoms with E-state index in [4.69, 9.17) is 9.47 Å². The Bertz CT molecular complexity index is 1160. The summed E-state index contributed by atoms with van der Waals surface area (Å²) in [5, 5.41) is 17.9. The minimum atomic E-state index is -0.769. The number of aliphatic hydroxyl groups is 1. The number of benzene rings is 1. The SMILES string of the molecule is COC(=O)c1c(OCc2cc(C(=O)NC3CC3)ccc2F)nsc1NC(=O)NCCCCN1CC[C@@H](O)C1. The van der Waals surface area contributed by atoms with Crippen LogP contribution in [-0.4, -0.2) is 77.7 Å². The second-order valence-corrected chi connectivity index (χ2v) is 10.1. The fraction of sp³-hybridized carbons (Fsp3) is 0.520. The molecule has 1 atom stereocenters. The summed E-state index contributed by atoms with van der Waals surface area (Å²) in [5.74, 6) is -1.74. The van der Waals surface area contributed by atoms with E-state index in [9.17, 15) is 23.9 Å². The summed E-state index contributed by atoms with van der Waals surface area (Å²) in [6, 6.07) is 3.64. The fourth-order valence-corrected chi connectivity index (χ4v) is 4.75. The third-order valence-electron chi connectivity index (χ3n) is 6.30. The monoisotopic (exact) mass is 549 g/mol. The largest absolute Gasteiger partial charge is 0.471 e. The maximum Gasteiger partial charge on any atom is 0.346 e. The highest BCUT2D eigenvalue weighted by Crippen LogP contribution is 2.32. The lowest BCUT2D eigenvalue weighted by Crippen LogP contribution is -2.30. The number of esters is 1. The Kier molecular flexibility index (Phi) is 9.48. The lowest BCUT2D eigenvalue weighted by atomic mass is 10.1. The van der Waals surface area contributed by atoms with Gasteiger partial charge in [-0.3, -0.25) is 10.1 Å². The molecule has 1 saturated carbocycles. The van der Waals surface area contributed by atoms with Crippen LogP contribution < -0.4 is 20.7 Å². The molecule has 1 aromatic carbocycles. The van der Waals surface area contributed by atoms with Crippen molar-refractivity contribution in [1.82, 2.24) is 19.9 Å². The first kappa shape index (κ1) is 27.7. The molecule has 2 aliphatic rings. The Morgan fingerprint density at radius 2 is 2.05 bits per heavy atom. The molecule has 0 spiro atoms. The van der Waals surface area contributed by atoms with E-state index in [2.05, 4.69) is 25.2 Å². The van der Waals surface area contributed by atoms with E-state index in [-0.39, 0.29) is 46.7 Å². The number of anilines is 1. The van der Waals surface area contributed by atoms with Gasteiger partial charge >= 0.3 is 12.0 Å². The Labute approximate surface area is 223 Å². The molecule has 0 bridgehead atoms. The van der Waals surface area contributed by atoms with Crippen molar-refractivity contribution in [3.8, 4) is 5.88 Å². The first-order chi connectivity index (χ1) is 18.3. The van der Waals surface area contributed by atoms with Crippen LogP contribution in [0.1, 0.15) is 58.4 Å². The molecule has 0 unspecified atom stereocenters. The number of aromatic nitrogens is 1. The molecule has 13 heteroatoms. The molecule has 1 saturated heterocycles. The number of methoxy groups -OCH3 is 1. The Balaban J connectivity index is 1.31. The van der Waals surface area contributed by atoms with Gasteiger partial charge in [0.05, 0.1) is 13.2 Å². The number of hydrogen-bond donors (Lipinski definition) is 4. The zero-order chi connectivity index (χ0) is 27.1. The number of urea groups is 1. The van der Waals surface area contributed by atoms with Crippen LogP contribution in [0.2, 0.25) is 0 Å². The third-order valence-corrected chi connectivity index (χ3v) is 7.04. The van der Waals surface area contributed by atoms with Crippen LogP contribution in [0, 0.1) is 5.82 Å². The number of unbranched alkanes of at least 4 members (excludes halogenated alkanes) is 1. The van der Waals surface area contributed by atoms with Gasteiger partial charge in [0.1, 0.15) is 17.4 Å². The highest BCUT2D eigenvalue weighted by atomic mass is 32.1. The molecular formula is C25H32FN5O6S. The zero-order valence-corrected chi connectivity index (χ0v) is 21.9. The summed E-state index contributed by atoms with van der Waals surface area (Å²) >= 11 is 0.834. The molecule has 2 fully saturated rings. The van der Waals surface area contributed by atoms with E-state index < -0.39 is 17.8 Å². The van der Waals surface area contributed by atoms with Crippen molar-refractivity contribution >= 4 is 34.4 Å². The molecule has 2 heterocycles. The molecule has 1 aliphatic carbocycles. The number of nitrogens with zero attached hydrogens (tertiary/aromatic N) is 2. The predicted octanol–water partition coefficient (Wildman–Crippen LogP) is 2.51. The fourth-order valence-electron chi connectivity index (χ4n) is 4.04. The van der Waals surface area contributed by atoms with E-state index in [1.54, 1.807) is 0 Å². The van der Waals surface area contributed by atoms with Gasteiger partial charge < -0.3 is 30.1 Å². The average molecular weight is 550 g/mol. The second kappa shape index (κ2) is 13.0. The van der Waals surface area contributed by atoms with Gasteiger partial charge in [-0.25, -0.2) is 14.0 Å². The zero-order valence-electron chi connectivity index (χ0n) is 21.1. The molecule has 3 amide bonds. The number of rotatable bonds is 12. The molecule has 1 aromatic heterocycles. The van der Waals surface area contributed by atoms with Gasteiger partial charge in [-0.15, -0.1) is 0 Å². The second-order valence-electron chi connectivity index (χ2n) is 9.36. The summed E-state index contributed by atoms with van der Waals surface area (Å²) < 4.78 is 28.9. The van der Waals surface area contributed by atoms with E-state index in [1.165, 1.54) is 25.3 Å². The summed E-state index contributed by atoms with van der Waals surface area (Å²) in [6.07, 6.45) is 4.04. The van der Waals surface area contributed by atoms with Gasteiger partial charge in [-0.05, 0) is 68.4 Å². The number of likely N-dealkylation sites (tertiary alicyclic amines) is 1. The summed E-state index contributed by atoms with van der Waals surface area (Å²) in [7, 11) is 1.19. The van der Waals surface area contributed by atoms with Crippen LogP contribution in [0.4, 0.5) is 14.2 Å². The average Bonchev–Trinajstić information content (AvgIpc) is 3.48. The van der Waals surface area contributed by atoms with Gasteiger partial charge in [-0.1, -0.05) is 0 Å². The molecule has 0 radical (unpaired) electrons. The van der Waals surface area contributed by atoms with Crippen LogP contribution in [-0.2, 0) is 11.3 Å². The van der Waals surface area contributed by atoms with Crippen molar-refractivity contribution in [1.29, 1.82) is 0 Å². The standard InChI is InChI=1S/C25H32FN5O6S/c1-36-24(34)20-22(37-14-16-12-15(4-7-19(16)26)21(33)28-17-5-6-17)30-38-23(20)29-25(35)27-9-2-3-10-31-11-8-18(32)13-31/h4,7,12,17-18,32H,2-3,5-6,8-11,13-14H2,1H3,(H,28,33)(H2,27,29,35)/t18-/m1/s1. The normalized spacial score (nSPS) is 17.2.